The van der Waals surface area contributed by atoms with Crippen LogP contribution in [0.3, 0.4) is 0 Å². The van der Waals surface area contributed by atoms with E-state index >= 15 is 0 Å². The highest BCUT2D eigenvalue weighted by Gasteiger charge is 2.32. The molecular formula is C30H24F5N3O2. The fraction of sp³-hybridized carbons (Fsp3) is 0.200. The van der Waals surface area contributed by atoms with Crippen LogP contribution in [0.5, 0.6) is 0 Å². The van der Waals surface area contributed by atoms with E-state index in [-0.39, 0.29) is 43.3 Å². The topological polar surface area (TPSA) is 45.6 Å². The molecule has 0 saturated carbocycles. The number of halogens is 5. The summed E-state index contributed by atoms with van der Waals surface area (Å²) >= 11 is 0. The van der Waals surface area contributed by atoms with Crippen molar-refractivity contribution >= 4 is 11.8 Å². The Morgan fingerprint density at radius 3 is 2.02 bits per heavy atom. The second-order valence-corrected chi connectivity index (χ2v) is 9.49. The van der Waals surface area contributed by atoms with E-state index in [0.29, 0.717) is 17.0 Å². The molecule has 10 heteroatoms. The van der Waals surface area contributed by atoms with Crippen LogP contribution in [0.25, 0.3) is 16.9 Å². The lowest BCUT2D eigenvalue weighted by atomic mass is 10.1. The molecule has 0 spiro atoms. The molecule has 0 unspecified atom stereocenters. The van der Waals surface area contributed by atoms with Crippen LogP contribution >= 0.6 is 0 Å². The van der Waals surface area contributed by atoms with Crippen LogP contribution in [-0.2, 0) is 6.18 Å². The van der Waals surface area contributed by atoms with Gasteiger partial charge in [-0.3, -0.25) is 9.59 Å². The van der Waals surface area contributed by atoms with E-state index in [1.54, 1.807) is 22.5 Å². The molecule has 1 aromatic heterocycles. The molecule has 0 N–H and O–H groups in total. The third kappa shape index (κ3) is 5.21. The number of piperazine rings is 1. The van der Waals surface area contributed by atoms with Crippen molar-refractivity contribution in [1.82, 2.24) is 14.4 Å². The SMILES string of the molecule is Cc1c(C(=O)N2CCN(C(=O)c3cccc(C(F)(F)F)c3)CC2)cc(-c2ccccc2)n1-c1ccc(F)cc1F. The third-order valence-corrected chi connectivity index (χ3v) is 6.99. The summed E-state index contributed by atoms with van der Waals surface area (Å²) in [6.07, 6.45) is -4.56. The second kappa shape index (κ2) is 10.6. The fourth-order valence-corrected chi connectivity index (χ4v) is 4.91. The Hall–Kier alpha value is -4.47. The summed E-state index contributed by atoms with van der Waals surface area (Å²) in [4.78, 5) is 29.5. The number of aromatic nitrogens is 1. The van der Waals surface area contributed by atoms with Gasteiger partial charge in [-0.25, -0.2) is 8.78 Å². The van der Waals surface area contributed by atoms with Crippen LogP contribution in [0.2, 0.25) is 0 Å². The van der Waals surface area contributed by atoms with Crippen LogP contribution in [0.4, 0.5) is 22.0 Å². The smallest absolute Gasteiger partial charge is 0.335 e. The van der Waals surface area contributed by atoms with Crippen LogP contribution in [-0.4, -0.2) is 52.4 Å². The molecule has 0 radical (unpaired) electrons. The molecule has 0 aliphatic carbocycles. The summed E-state index contributed by atoms with van der Waals surface area (Å²) < 4.78 is 69.3. The second-order valence-electron chi connectivity index (χ2n) is 9.49. The summed E-state index contributed by atoms with van der Waals surface area (Å²) in [5, 5.41) is 0. The Balaban J connectivity index is 1.40. The van der Waals surface area contributed by atoms with Gasteiger partial charge in [-0.15, -0.1) is 0 Å². The number of carbonyl (C=O) groups excluding carboxylic acids is 2. The molecule has 5 rings (SSSR count). The minimum Gasteiger partial charge on any atom is -0.335 e. The van der Waals surface area contributed by atoms with Gasteiger partial charge in [0.15, 0.2) is 0 Å². The van der Waals surface area contributed by atoms with E-state index in [1.807, 2.05) is 30.3 Å². The molecule has 1 saturated heterocycles. The van der Waals surface area contributed by atoms with Crippen molar-refractivity contribution in [2.45, 2.75) is 13.1 Å². The maximum absolute atomic E-state index is 14.9. The summed E-state index contributed by atoms with van der Waals surface area (Å²) in [5.74, 6) is -2.38. The summed E-state index contributed by atoms with van der Waals surface area (Å²) in [5.41, 5.74) is 1.16. The summed E-state index contributed by atoms with van der Waals surface area (Å²) in [7, 11) is 0. The van der Waals surface area contributed by atoms with E-state index in [4.69, 9.17) is 0 Å². The van der Waals surface area contributed by atoms with E-state index in [1.165, 1.54) is 23.1 Å². The van der Waals surface area contributed by atoms with Crippen LogP contribution < -0.4 is 0 Å². The number of benzene rings is 3. The van der Waals surface area contributed by atoms with Crippen molar-refractivity contribution < 1.29 is 31.5 Å². The normalized spacial score (nSPS) is 13.9. The molecule has 0 atom stereocenters. The van der Waals surface area contributed by atoms with Gasteiger partial charge in [-0.2, -0.15) is 13.2 Å². The maximum atomic E-state index is 14.9. The number of amides is 2. The van der Waals surface area contributed by atoms with E-state index in [2.05, 4.69) is 0 Å². The fourth-order valence-electron chi connectivity index (χ4n) is 4.91. The quantitative estimate of drug-likeness (QED) is 0.277. The zero-order valence-corrected chi connectivity index (χ0v) is 21.4. The number of rotatable bonds is 4. The number of hydrogen-bond donors (Lipinski definition) is 0. The van der Waals surface area contributed by atoms with Crippen LogP contribution in [0.15, 0.2) is 78.9 Å². The maximum Gasteiger partial charge on any atom is 0.416 e. The molecule has 5 nitrogen and oxygen atoms in total. The first-order chi connectivity index (χ1) is 19.0. The first-order valence-corrected chi connectivity index (χ1v) is 12.5. The minimum absolute atomic E-state index is 0.0728. The van der Waals surface area contributed by atoms with Gasteiger partial charge < -0.3 is 14.4 Å². The highest BCUT2D eigenvalue weighted by atomic mass is 19.4. The van der Waals surface area contributed by atoms with E-state index in [9.17, 15) is 31.5 Å². The number of nitrogens with zero attached hydrogens (tertiary/aromatic N) is 3. The molecule has 1 fully saturated rings. The van der Waals surface area contributed by atoms with Gasteiger partial charge in [0.2, 0.25) is 0 Å². The average molecular weight is 554 g/mol. The van der Waals surface area contributed by atoms with Crippen molar-refractivity contribution in [3.8, 4) is 16.9 Å². The molecule has 0 bridgehead atoms. The first-order valence-electron chi connectivity index (χ1n) is 12.5. The van der Waals surface area contributed by atoms with Crippen molar-refractivity contribution in [3.05, 3.63) is 113 Å². The predicted octanol–water partition coefficient (Wildman–Crippen LogP) is 6.35. The lowest BCUT2D eigenvalue weighted by Crippen LogP contribution is -2.50. The first kappa shape index (κ1) is 27.1. The predicted molar refractivity (Wildman–Crippen MR) is 139 cm³/mol. The Morgan fingerprint density at radius 2 is 1.40 bits per heavy atom. The number of alkyl halides is 3. The van der Waals surface area contributed by atoms with Gasteiger partial charge in [-0.05, 0) is 48.9 Å². The average Bonchev–Trinajstić information content (AvgIpc) is 3.29. The highest BCUT2D eigenvalue weighted by molar-refractivity contribution is 5.98. The number of carbonyl (C=O) groups is 2. The van der Waals surface area contributed by atoms with Gasteiger partial charge in [-0.1, -0.05) is 36.4 Å². The van der Waals surface area contributed by atoms with Crippen LogP contribution in [0, 0.1) is 18.6 Å². The molecule has 1 aliphatic heterocycles. The molecule has 2 heterocycles. The zero-order chi connectivity index (χ0) is 28.6. The molecule has 4 aromatic rings. The molecule has 40 heavy (non-hydrogen) atoms. The summed E-state index contributed by atoms with van der Waals surface area (Å²) in [6, 6.07) is 18.3. The Morgan fingerprint density at radius 1 is 0.750 bits per heavy atom. The van der Waals surface area contributed by atoms with Gasteiger partial charge in [0.05, 0.1) is 22.5 Å². The lowest BCUT2D eigenvalue weighted by Gasteiger charge is -2.35. The molecule has 1 aliphatic rings. The van der Waals surface area contributed by atoms with Gasteiger partial charge >= 0.3 is 6.18 Å². The summed E-state index contributed by atoms with van der Waals surface area (Å²) in [6.45, 7) is 2.28. The van der Waals surface area contributed by atoms with Gasteiger partial charge in [0, 0.05) is 43.5 Å². The molecule has 3 aromatic carbocycles. The monoisotopic (exact) mass is 553 g/mol. The Labute approximate surface area is 227 Å². The molecule has 2 amide bonds. The van der Waals surface area contributed by atoms with Gasteiger partial charge in [0.1, 0.15) is 11.6 Å². The largest absolute Gasteiger partial charge is 0.416 e. The third-order valence-electron chi connectivity index (χ3n) is 6.99. The highest BCUT2D eigenvalue weighted by Crippen LogP contribution is 2.32. The Bertz CT molecular complexity index is 1570. The number of hydrogen-bond acceptors (Lipinski definition) is 2. The Kier molecular flexibility index (Phi) is 7.18. The molecular weight excluding hydrogens is 529 g/mol. The standard InChI is InChI=1S/C30H24F5N3O2/c1-19-24(18-27(20-6-3-2-4-7-20)38(19)26-11-10-23(31)17-25(26)32)29(40)37-14-12-36(13-15-37)28(39)21-8-5-9-22(16-21)30(33,34)35/h2-11,16-18H,12-15H2,1H3. The lowest BCUT2D eigenvalue weighted by molar-refractivity contribution is -0.137. The molecule has 206 valence electrons. The van der Waals surface area contributed by atoms with Crippen molar-refractivity contribution in [2.75, 3.05) is 26.2 Å². The minimum atomic E-state index is -4.56. The van der Waals surface area contributed by atoms with Crippen molar-refractivity contribution in [3.63, 3.8) is 0 Å². The van der Waals surface area contributed by atoms with E-state index < -0.39 is 29.3 Å². The zero-order valence-electron chi connectivity index (χ0n) is 21.4. The van der Waals surface area contributed by atoms with E-state index in [0.717, 1.165) is 29.8 Å². The van der Waals surface area contributed by atoms with Crippen LogP contribution in [0.1, 0.15) is 32.0 Å². The van der Waals surface area contributed by atoms with Crippen molar-refractivity contribution in [2.24, 2.45) is 0 Å². The van der Waals surface area contributed by atoms with Gasteiger partial charge in [0.25, 0.3) is 11.8 Å². The van der Waals surface area contributed by atoms with Crippen molar-refractivity contribution in [1.29, 1.82) is 0 Å².